The van der Waals surface area contributed by atoms with Crippen LogP contribution in [-0.2, 0) is 9.53 Å². The zero-order valence-electron chi connectivity index (χ0n) is 15.0. The summed E-state index contributed by atoms with van der Waals surface area (Å²) < 4.78 is 12.2. The van der Waals surface area contributed by atoms with Gasteiger partial charge in [-0.15, -0.1) is 10.2 Å². The van der Waals surface area contributed by atoms with E-state index >= 15 is 0 Å². The lowest BCUT2D eigenvalue weighted by molar-refractivity contribution is -0.139. The predicted octanol–water partition coefficient (Wildman–Crippen LogP) is 4.25. The number of thioether (sulfide) groups is 1. The molecule has 27 heavy (non-hydrogen) atoms. The third-order valence-corrected chi connectivity index (χ3v) is 5.24. The van der Waals surface area contributed by atoms with Gasteiger partial charge in [0, 0.05) is 5.56 Å². The number of hydrogen-bond donors (Lipinski definition) is 0. The summed E-state index contributed by atoms with van der Waals surface area (Å²) in [6.45, 7) is 1.76. The van der Waals surface area contributed by atoms with Crippen LogP contribution in [0.5, 0.6) is 5.75 Å². The van der Waals surface area contributed by atoms with Gasteiger partial charge in [0.2, 0.25) is 0 Å². The Balaban J connectivity index is 2.19. The quantitative estimate of drug-likeness (QED) is 0.452. The second-order valence-corrected chi connectivity index (χ2v) is 7.29. The standard InChI is InChI=1S/C19H18ClN3O3S/c1-12(18(24)26-3)27-19-22-21-17(13-8-4-5-9-14(13)20)23(19)15-10-6-7-11-16(15)25-2/h4-12H,1-3H3/t12-/m1/s1. The van der Waals surface area contributed by atoms with Gasteiger partial charge >= 0.3 is 5.97 Å². The molecule has 0 fully saturated rings. The number of aromatic nitrogens is 3. The molecule has 1 atom stereocenters. The molecule has 0 N–H and O–H groups in total. The molecule has 0 aliphatic rings. The number of ether oxygens (including phenoxy) is 2. The van der Waals surface area contributed by atoms with E-state index in [0.29, 0.717) is 21.8 Å². The van der Waals surface area contributed by atoms with Crippen LogP contribution >= 0.6 is 23.4 Å². The van der Waals surface area contributed by atoms with E-state index in [1.165, 1.54) is 18.9 Å². The van der Waals surface area contributed by atoms with Crippen LogP contribution in [-0.4, -0.2) is 40.2 Å². The van der Waals surface area contributed by atoms with Gasteiger partial charge in [0.05, 0.1) is 24.9 Å². The van der Waals surface area contributed by atoms with Crippen LogP contribution < -0.4 is 4.74 Å². The van der Waals surface area contributed by atoms with Gasteiger partial charge in [-0.3, -0.25) is 9.36 Å². The molecule has 3 rings (SSSR count). The Morgan fingerprint density at radius 1 is 1.11 bits per heavy atom. The Morgan fingerprint density at radius 2 is 1.81 bits per heavy atom. The largest absolute Gasteiger partial charge is 0.495 e. The number of carbonyl (C=O) groups excluding carboxylic acids is 1. The first-order chi connectivity index (χ1) is 13.1. The van der Waals surface area contributed by atoms with Crippen molar-refractivity contribution in [1.82, 2.24) is 14.8 Å². The highest BCUT2D eigenvalue weighted by Crippen LogP contribution is 2.36. The van der Waals surface area contributed by atoms with Crippen molar-refractivity contribution in [1.29, 1.82) is 0 Å². The maximum absolute atomic E-state index is 11.9. The van der Waals surface area contributed by atoms with Crippen molar-refractivity contribution in [3.8, 4) is 22.8 Å². The molecule has 3 aromatic rings. The van der Waals surface area contributed by atoms with Crippen molar-refractivity contribution in [2.45, 2.75) is 17.3 Å². The fourth-order valence-electron chi connectivity index (χ4n) is 2.57. The van der Waals surface area contributed by atoms with Gasteiger partial charge in [-0.2, -0.15) is 0 Å². The van der Waals surface area contributed by atoms with Crippen molar-refractivity contribution < 1.29 is 14.3 Å². The van der Waals surface area contributed by atoms with Crippen LogP contribution in [0.3, 0.4) is 0 Å². The number of methoxy groups -OCH3 is 2. The summed E-state index contributed by atoms with van der Waals surface area (Å²) in [7, 11) is 2.96. The van der Waals surface area contributed by atoms with Gasteiger partial charge in [0.1, 0.15) is 11.0 Å². The molecule has 0 saturated heterocycles. The lowest BCUT2D eigenvalue weighted by Gasteiger charge is -2.15. The van der Waals surface area contributed by atoms with E-state index in [-0.39, 0.29) is 5.97 Å². The molecule has 0 radical (unpaired) electrons. The molecule has 1 aromatic heterocycles. The van der Waals surface area contributed by atoms with Crippen LogP contribution in [0, 0.1) is 0 Å². The van der Waals surface area contributed by atoms with Crippen LogP contribution in [0.2, 0.25) is 5.02 Å². The molecule has 6 nitrogen and oxygen atoms in total. The molecular formula is C19H18ClN3O3S. The number of benzene rings is 2. The smallest absolute Gasteiger partial charge is 0.318 e. The molecule has 0 unspecified atom stereocenters. The second-order valence-electron chi connectivity index (χ2n) is 5.58. The average Bonchev–Trinajstić information content (AvgIpc) is 3.10. The van der Waals surface area contributed by atoms with Gasteiger partial charge in [-0.05, 0) is 31.2 Å². The van der Waals surface area contributed by atoms with Gasteiger partial charge in [0.25, 0.3) is 0 Å². The summed E-state index contributed by atoms with van der Waals surface area (Å²) in [5, 5.41) is 9.27. The van der Waals surface area contributed by atoms with Crippen LogP contribution in [0.15, 0.2) is 53.7 Å². The topological polar surface area (TPSA) is 66.2 Å². The molecular weight excluding hydrogens is 386 g/mol. The zero-order chi connectivity index (χ0) is 19.4. The van der Waals surface area contributed by atoms with Gasteiger partial charge in [-0.1, -0.05) is 47.6 Å². The first-order valence-corrected chi connectivity index (χ1v) is 9.40. The van der Waals surface area contributed by atoms with Crippen LogP contribution in [0.25, 0.3) is 17.1 Å². The molecule has 1 heterocycles. The molecule has 0 bridgehead atoms. The summed E-state index contributed by atoms with van der Waals surface area (Å²) in [5.74, 6) is 0.872. The number of esters is 1. The Hall–Kier alpha value is -2.51. The van der Waals surface area contributed by atoms with Crippen LogP contribution in [0.4, 0.5) is 0 Å². The highest BCUT2D eigenvalue weighted by Gasteiger charge is 2.24. The second kappa shape index (κ2) is 8.45. The fraction of sp³-hybridized carbons (Fsp3) is 0.211. The number of halogens is 1. The highest BCUT2D eigenvalue weighted by molar-refractivity contribution is 8.00. The maximum atomic E-state index is 11.9. The van der Waals surface area contributed by atoms with Crippen LogP contribution in [0.1, 0.15) is 6.92 Å². The normalized spacial score (nSPS) is 11.9. The Kier molecular flexibility index (Phi) is 6.03. The van der Waals surface area contributed by atoms with E-state index in [4.69, 9.17) is 21.1 Å². The summed E-state index contributed by atoms with van der Waals surface area (Å²) in [6.07, 6.45) is 0. The van der Waals surface area contributed by atoms with E-state index in [1.807, 2.05) is 47.0 Å². The third kappa shape index (κ3) is 3.94. The molecule has 140 valence electrons. The lowest BCUT2D eigenvalue weighted by atomic mass is 10.2. The Morgan fingerprint density at radius 3 is 2.52 bits per heavy atom. The van der Waals surface area contributed by atoms with E-state index < -0.39 is 5.25 Å². The van der Waals surface area contributed by atoms with E-state index in [1.54, 1.807) is 20.1 Å². The van der Waals surface area contributed by atoms with E-state index in [2.05, 4.69) is 10.2 Å². The predicted molar refractivity (Wildman–Crippen MR) is 106 cm³/mol. The molecule has 0 saturated carbocycles. The van der Waals surface area contributed by atoms with Crippen molar-refractivity contribution >= 4 is 29.3 Å². The first-order valence-electron chi connectivity index (χ1n) is 8.15. The van der Waals surface area contributed by atoms with Gasteiger partial charge in [-0.25, -0.2) is 0 Å². The minimum Gasteiger partial charge on any atom is -0.495 e. The SMILES string of the molecule is COC(=O)[C@@H](C)Sc1nnc(-c2ccccc2Cl)n1-c1ccccc1OC. The molecule has 0 spiro atoms. The summed E-state index contributed by atoms with van der Waals surface area (Å²) in [5.41, 5.74) is 1.48. The number of para-hydroxylation sites is 2. The zero-order valence-corrected chi connectivity index (χ0v) is 16.6. The van der Waals surface area contributed by atoms with Gasteiger partial charge in [0.15, 0.2) is 11.0 Å². The molecule has 0 aliphatic heterocycles. The monoisotopic (exact) mass is 403 g/mol. The van der Waals surface area contributed by atoms with Crippen molar-refractivity contribution in [3.63, 3.8) is 0 Å². The summed E-state index contributed by atoms with van der Waals surface area (Å²) in [6, 6.07) is 14.9. The Bertz CT molecular complexity index is 961. The highest BCUT2D eigenvalue weighted by atomic mass is 35.5. The van der Waals surface area contributed by atoms with Gasteiger partial charge < -0.3 is 9.47 Å². The number of hydrogen-bond acceptors (Lipinski definition) is 6. The first kappa shape index (κ1) is 19.3. The molecule has 0 aliphatic carbocycles. The number of rotatable bonds is 6. The number of nitrogens with zero attached hydrogens (tertiary/aromatic N) is 3. The summed E-state index contributed by atoms with van der Waals surface area (Å²) in [4.78, 5) is 11.9. The average molecular weight is 404 g/mol. The third-order valence-electron chi connectivity index (χ3n) is 3.89. The minimum atomic E-state index is -0.452. The lowest BCUT2D eigenvalue weighted by Crippen LogP contribution is -2.15. The van der Waals surface area contributed by atoms with Crippen molar-refractivity contribution in [2.24, 2.45) is 0 Å². The Labute approximate surface area is 166 Å². The maximum Gasteiger partial charge on any atom is 0.318 e. The van der Waals surface area contributed by atoms with Crippen molar-refractivity contribution in [3.05, 3.63) is 53.6 Å². The van der Waals surface area contributed by atoms with Crippen molar-refractivity contribution in [2.75, 3.05) is 14.2 Å². The molecule has 8 heteroatoms. The minimum absolute atomic E-state index is 0.339. The number of carbonyl (C=O) groups is 1. The summed E-state index contributed by atoms with van der Waals surface area (Å²) >= 11 is 7.64. The molecule has 0 amide bonds. The van der Waals surface area contributed by atoms with E-state index in [9.17, 15) is 4.79 Å². The fourth-order valence-corrected chi connectivity index (χ4v) is 3.67. The molecule has 2 aromatic carbocycles. The van der Waals surface area contributed by atoms with E-state index in [0.717, 1.165) is 11.3 Å².